The molecule has 130 valence electrons. The number of rotatable bonds is 4. The summed E-state index contributed by atoms with van der Waals surface area (Å²) in [6.07, 6.45) is -1.58. The molecule has 0 radical (unpaired) electrons. The lowest BCUT2D eigenvalue weighted by Gasteiger charge is -2.35. The number of carbonyl (C=O) groups is 2. The van der Waals surface area contributed by atoms with Gasteiger partial charge in [-0.05, 0) is 19.9 Å². The summed E-state index contributed by atoms with van der Waals surface area (Å²) in [5.41, 5.74) is 0.161. The fraction of sp³-hybridized carbons (Fsp3) is 0.467. The van der Waals surface area contributed by atoms with E-state index >= 15 is 0 Å². The lowest BCUT2D eigenvalue weighted by atomic mass is 10.1. The Morgan fingerprint density at radius 1 is 1.42 bits per heavy atom. The minimum absolute atomic E-state index is 0.0717. The number of aliphatic carboxylic acids is 1. The van der Waals surface area contributed by atoms with Crippen molar-refractivity contribution < 1.29 is 29.1 Å². The van der Waals surface area contributed by atoms with Gasteiger partial charge in [0.15, 0.2) is 6.10 Å². The van der Waals surface area contributed by atoms with Gasteiger partial charge in [-0.2, -0.15) is 0 Å². The number of amides is 1. The monoisotopic (exact) mass is 338 g/mol. The Morgan fingerprint density at radius 3 is 2.62 bits per heavy atom. The molecule has 1 heterocycles. The quantitative estimate of drug-likeness (QED) is 0.647. The van der Waals surface area contributed by atoms with Crippen LogP contribution in [0.1, 0.15) is 22.8 Å². The summed E-state index contributed by atoms with van der Waals surface area (Å²) in [7, 11) is 1.36. The molecule has 1 aromatic carbocycles. The fourth-order valence-electron chi connectivity index (χ4n) is 2.63. The third-order valence-electron chi connectivity index (χ3n) is 3.82. The summed E-state index contributed by atoms with van der Waals surface area (Å²) < 4.78 is 10.4. The van der Waals surface area contributed by atoms with E-state index in [1.807, 2.05) is 0 Å². The molecule has 2 rings (SSSR count). The molecule has 0 saturated carbocycles. The second kappa shape index (κ2) is 6.83. The number of hydrogen-bond acceptors (Lipinski definition) is 6. The van der Waals surface area contributed by atoms with Gasteiger partial charge in [-0.1, -0.05) is 0 Å². The summed E-state index contributed by atoms with van der Waals surface area (Å²) >= 11 is 0. The van der Waals surface area contributed by atoms with Crippen LogP contribution >= 0.6 is 0 Å². The lowest BCUT2D eigenvalue weighted by Crippen LogP contribution is -2.51. The average molecular weight is 338 g/mol. The van der Waals surface area contributed by atoms with Crippen LogP contribution in [0.2, 0.25) is 0 Å². The predicted molar refractivity (Wildman–Crippen MR) is 82.3 cm³/mol. The zero-order valence-electron chi connectivity index (χ0n) is 13.5. The first kappa shape index (κ1) is 17.7. The van der Waals surface area contributed by atoms with Crippen molar-refractivity contribution in [1.82, 2.24) is 4.90 Å². The van der Waals surface area contributed by atoms with Crippen molar-refractivity contribution in [1.29, 1.82) is 0 Å². The Labute approximate surface area is 137 Å². The van der Waals surface area contributed by atoms with Crippen LogP contribution < -0.4 is 4.74 Å². The van der Waals surface area contributed by atoms with E-state index < -0.39 is 29.0 Å². The highest BCUT2D eigenvalue weighted by Crippen LogP contribution is 2.30. The Bertz CT molecular complexity index is 689. The maximum atomic E-state index is 12.7. The van der Waals surface area contributed by atoms with Crippen molar-refractivity contribution in [2.45, 2.75) is 26.1 Å². The van der Waals surface area contributed by atoms with E-state index in [-0.39, 0.29) is 30.1 Å². The van der Waals surface area contributed by atoms with Crippen molar-refractivity contribution in [3.8, 4) is 5.75 Å². The van der Waals surface area contributed by atoms with Gasteiger partial charge in [-0.3, -0.25) is 14.9 Å². The van der Waals surface area contributed by atoms with E-state index in [9.17, 15) is 19.7 Å². The second-order valence-corrected chi connectivity index (χ2v) is 5.56. The second-order valence-electron chi connectivity index (χ2n) is 5.56. The number of benzene rings is 1. The minimum Gasteiger partial charge on any atom is -0.496 e. The van der Waals surface area contributed by atoms with Crippen LogP contribution in [-0.4, -0.2) is 59.2 Å². The smallest absolute Gasteiger partial charge is 0.334 e. The first-order chi connectivity index (χ1) is 11.2. The molecule has 0 bridgehead atoms. The van der Waals surface area contributed by atoms with Crippen molar-refractivity contribution in [3.05, 3.63) is 33.4 Å². The average Bonchev–Trinajstić information content (AvgIpc) is 2.53. The number of ether oxygens (including phenoxy) is 2. The highest BCUT2D eigenvalue weighted by molar-refractivity contribution is 5.96. The topological polar surface area (TPSA) is 119 Å². The van der Waals surface area contributed by atoms with Gasteiger partial charge in [0.1, 0.15) is 5.75 Å². The predicted octanol–water partition coefficient (Wildman–Crippen LogP) is 1.23. The fourth-order valence-corrected chi connectivity index (χ4v) is 2.63. The Kier molecular flexibility index (Phi) is 5.03. The van der Waals surface area contributed by atoms with Gasteiger partial charge in [0, 0.05) is 12.6 Å². The molecular formula is C15H18N2O7. The zero-order chi connectivity index (χ0) is 18.0. The van der Waals surface area contributed by atoms with E-state index in [2.05, 4.69) is 0 Å². The number of hydrogen-bond donors (Lipinski definition) is 1. The summed E-state index contributed by atoms with van der Waals surface area (Å²) in [6.45, 7) is 3.27. The van der Waals surface area contributed by atoms with Gasteiger partial charge in [0.2, 0.25) is 0 Å². The summed E-state index contributed by atoms with van der Waals surface area (Å²) in [5.74, 6) is -1.44. The largest absolute Gasteiger partial charge is 0.496 e. The van der Waals surface area contributed by atoms with Crippen LogP contribution in [0.5, 0.6) is 5.75 Å². The molecule has 0 aromatic heterocycles. The Balaban J connectivity index is 2.36. The molecular weight excluding hydrogens is 320 g/mol. The standard InChI is InChI=1S/C15H18N2O7/c1-8-6-16(7-13(24-8)15(19)20)14(18)10-4-11(17(21)22)9(2)12(5-10)23-3/h4-5,8,13H,6-7H2,1-3H3,(H,19,20)/t8-,13?/m1/s1. The van der Waals surface area contributed by atoms with Gasteiger partial charge in [0.05, 0.1) is 35.8 Å². The van der Waals surface area contributed by atoms with Gasteiger partial charge in [0.25, 0.3) is 11.6 Å². The molecule has 0 aliphatic carbocycles. The molecule has 24 heavy (non-hydrogen) atoms. The van der Waals surface area contributed by atoms with Gasteiger partial charge in [-0.15, -0.1) is 0 Å². The molecule has 1 aromatic rings. The van der Waals surface area contributed by atoms with Gasteiger partial charge < -0.3 is 19.5 Å². The first-order valence-corrected chi connectivity index (χ1v) is 7.25. The van der Waals surface area contributed by atoms with Crippen LogP contribution in [-0.2, 0) is 9.53 Å². The third kappa shape index (κ3) is 3.46. The number of carbonyl (C=O) groups excluding carboxylic acids is 1. The van der Waals surface area contributed by atoms with Crippen LogP contribution in [0, 0.1) is 17.0 Å². The highest BCUT2D eigenvalue weighted by atomic mass is 16.6. The maximum absolute atomic E-state index is 12.7. The molecule has 1 unspecified atom stereocenters. The number of nitro benzene ring substituents is 1. The highest BCUT2D eigenvalue weighted by Gasteiger charge is 2.34. The molecule has 2 atom stereocenters. The number of nitrogens with zero attached hydrogens (tertiary/aromatic N) is 2. The van der Waals surface area contributed by atoms with E-state index in [1.54, 1.807) is 6.92 Å². The molecule has 1 fully saturated rings. The molecule has 1 aliphatic rings. The molecule has 1 amide bonds. The molecule has 9 nitrogen and oxygen atoms in total. The number of methoxy groups -OCH3 is 1. The normalized spacial score (nSPS) is 20.5. The Hall–Kier alpha value is -2.68. The summed E-state index contributed by atoms with van der Waals surface area (Å²) in [4.78, 5) is 35.7. The SMILES string of the molecule is COc1cc(C(=O)N2CC(C(=O)O)O[C@H](C)C2)cc([N+](=O)[O-])c1C. The first-order valence-electron chi connectivity index (χ1n) is 7.25. The summed E-state index contributed by atoms with van der Waals surface area (Å²) in [5, 5.41) is 20.3. The molecule has 0 spiro atoms. The van der Waals surface area contributed by atoms with E-state index in [0.29, 0.717) is 5.56 Å². The van der Waals surface area contributed by atoms with Crippen LogP contribution in [0.25, 0.3) is 0 Å². The van der Waals surface area contributed by atoms with Crippen molar-refractivity contribution in [2.24, 2.45) is 0 Å². The van der Waals surface area contributed by atoms with Crippen LogP contribution in [0.15, 0.2) is 12.1 Å². The van der Waals surface area contributed by atoms with E-state index in [0.717, 1.165) is 0 Å². The molecule has 1 saturated heterocycles. The molecule has 9 heteroatoms. The van der Waals surface area contributed by atoms with Crippen LogP contribution in [0.4, 0.5) is 5.69 Å². The van der Waals surface area contributed by atoms with Gasteiger partial charge in [-0.25, -0.2) is 4.79 Å². The van der Waals surface area contributed by atoms with E-state index in [1.165, 1.54) is 31.1 Å². The number of carboxylic acid groups (broad SMARTS) is 1. The molecule has 1 aliphatic heterocycles. The maximum Gasteiger partial charge on any atom is 0.334 e. The molecule has 1 N–H and O–H groups in total. The number of nitro groups is 1. The zero-order valence-corrected chi connectivity index (χ0v) is 13.5. The third-order valence-corrected chi connectivity index (χ3v) is 3.82. The minimum atomic E-state index is -1.16. The van der Waals surface area contributed by atoms with Crippen molar-refractivity contribution in [2.75, 3.05) is 20.2 Å². The number of carboxylic acids is 1. The lowest BCUT2D eigenvalue weighted by molar-refractivity contribution is -0.385. The van der Waals surface area contributed by atoms with Crippen LogP contribution in [0.3, 0.4) is 0 Å². The number of morpholine rings is 1. The van der Waals surface area contributed by atoms with Gasteiger partial charge >= 0.3 is 5.97 Å². The van der Waals surface area contributed by atoms with Crippen molar-refractivity contribution in [3.63, 3.8) is 0 Å². The van der Waals surface area contributed by atoms with E-state index in [4.69, 9.17) is 14.6 Å². The summed E-state index contributed by atoms with van der Waals surface area (Å²) in [6, 6.07) is 2.59. The Morgan fingerprint density at radius 2 is 2.08 bits per heavy atom. The van der Waals surface area contributed by atoms with Crippen molar-refractivity contribution >= 4 is 17.6 Å².